The zero-order valence-corrected chi connectivity index (χ0v) is 8.03. The van der Waals surface area contributed by atoms with E-state index >= 15 is 0 Å². The van der Waals surface area contributed by atoms with Gasteiger partial charge in [-0.3, -0.25) is 4.98 Å². The van der Waals surface area contributed by atoms with Gasteiger partial charge in [0.1, 0.15) is 0 Å². The fraction of sp³-hybridized carbons (Fsp3) is 0.182. The van der Waals surface area contributed by atoms with Gasteiger partial charge in [0.25, 0.3) is 0 Å². The first-order chi connectivity index (χ1) is 6.83. The van der Waals surface area contributed by atoms with Crippen LogP contribution in [0.1, 0.15) is 5.56 Å². The molecular formula is C11H12N2O. The van der Waals surface area contributed by atoms with E-state index in [0.29, 0.717) is 6.61 Å². The number of benzene rings is 1. The van der Waals surface area contributed by atoms with Crippen LogP contribution in [0.25, 0.3) is 10.9 Å². The highest BCUT2D eigenvalue weighted by Crippen LogP contribution is 2.22. The van der Waals surface area contributed by atoms with Crippen LogP contribution >= 0.6 is 0 Å². The van der Waals surface area contributed by atoms with Gasteiger partial charge in [0, 0.05) is 29.9 Å². The Bertz CT molecular complexity index is 454. The van der Waals surface area contributed by atoms with Crippen molar-refractivity contribution in [2.75, 3.05) is 12.8 Å². The van der Waals surface area contributed by atoms with E-state index in [-0.39, 0.29) is 0 Å². The van der Waals surface area contributed by atoms with Gasteiger partial charge in [-0.05, 0) is 18.2 Å². The van der Waals surface area contributed by atoms with E-state index in [4.69, 9.17) is 10.5 Å². The summed E-state index contributed by atoms with van der Waals surface area (Å²) in [4.78, 5) is 4.30. The van der Waals surface area contributed by atoms with Gasteiger partial charge >= 0.3 is 0 Å². The standard InChI is InChI=1S/C11H12N2O/c1-14-7-8-4-5-10(12)9-3-2-6-13-11(8)9/h2-6H,7,12H2,1H3. The Labute approximate surface area is 82.5 Å². The molecule has 0 aliphatic rings. The van der Waals surface area contributed by atoms with Gasteiger partial charge < -0.3 is 10.5 Å². The molecule has 0 unspecified atom stereocenters. The van der Waals surface area contributed by atoms with Crippen molar-refractivity contribution in [3.05, 3.63) is 36.0 Å². The third-order valence-corrected chi connectivity index (χ3v) is 2.19. The molecule has 2 N–H and O–H groups in total. The van der Waals surface area contributed by atoms with Crippen LogP contribution in [0.3, 0.4) is 0 Å². The fourth-order valence-electron chi connectivity index (χ4n) is 1.53. The van der Waals surface area contributed by atoms with Crippen LogP contribution in [0.15, 0.2) is 30.5 Å². The third-order valence-electron chi connectivity index (χ3n) is 2.19. The van der Waals surface area contributed by atoms with E-state index in [9.17, 15) is 0 Å². The van der Waals surface area contributed by atoms with Crippen LogP contribution in [0.5, 0.6) is 0 Å². The highest BCUT2D eigenvalue weighted by molar-refractivity contribution is 5.92. The van der Waals surface area contributed by atoms with E-state index < -0.39 is 0 Å². The minimum atomic E-state index is 0.563. The number of nitrogens with two attached hydrogens (primary N) is 1. The Morgan fingerprint density at radius 1 is 1.36 bits per heavy atom. The van der Waals surface area contributed by atoms with Gasteiger partial charge in [0.15, 0.2) is 0 Å². The molecule has 0 fully saturated rings. The Morgan fingerprint density at radius 2 is 2.21 bits per heavy atom. The maximum atomic E-state index is 5.84. The molecule has 0 amide bonds. The fourth-order valence-corrected chi connectivity index (χ4v) is 1.53. The van der Waals surface area contributed by atoms with E-state index in [1.807, 2.05) is 24.3 Å². The van der Waals surface area contributed by atoms with Crippen LogP contribution in [-0.2, 0) is 11.3 Å². The van der Waals surface area contributed by atoms with Crippen molar-refractivity contribution in [3.8, 4) is 0 Å². The maximum absolute atomic E-state index is 5.84. The summed E-state index contributed by atoms with van der Waals surface area (Å²) in [5, 5.41) is 0.988. The van der Waals surface area contributed by atoms with Crippen molar-refractivity contribution in [1.82, 2.24) is 4.98 Å². The van der Waals surface area contributed by atoms with Gasteiger partial charge in [-0.15, -0.1) is 0 Å². The Kier molecular flexibility index (Phi) is 2.33. The molecule has 0 spiro atoms. The average Bonchev–Trinajstić information content (AvgIpc) is 2.23. The topological polar surface area (TPSA) is 48.1 Å². The first-order valence-electron chi connectivity index (χ1n) is 4.44. The number of nitrogens with zero attached hydrogens (tertiary/aromatic N) is 1. The molecule has 72 valence electrons. The molecule has 1 aromatic carbocycles. The summed E-state index contributed by atoms with van der Waals surface area (Å²) < 4.78 is 5.10. The van der Waals surface area contributed by atoms with Crippen molar-refractivity contribution in [1.29, 1.82) is 0 Å². The van der Waals surface area contributed by atoms with Crippen LogP contribution in [0, 0.1) is 0 Å². The number of nitrogen functional groups attached to an aromatic ring is 1. The number of rotatable bonds is 2. The first-order valence-corrected chi connectivity index (χ1v) is 4.44. The van der Waals surface area contributed by atoms with Gasteiger partial charge in [0.05, 0.1) is 12.1 Å². The van der Waals surface area contributed by atoms with Crippen molar-refractivity contribution >= 4 is 16.6 Å². The smallest absolute Gasteiger partial charge is 0.0777 e. The summed E-state index contributed by atoms with van der Waals surface area (Å²) in [6.07, 6.45) is 1.76. The lowest BCUT2D eigenvalue weighted by atomic mass is 10.1. The molecule has 0 atom stereocenters. The minimum Gasteiger partial charge on any atom is -0.398 e. The van der Waals surface area contributed by atoms with Gasteiger partial charge in [-0.25, -0.2) is 0 Å². The molecule has 0 radical (unpaired) electrons. The minimum absolute atomic E-state index is 0.563. The van der Waals surface area contributed by atoms with Crippen molar-refractivity contribution < 1.29 is 4.74 Å². The van der Waals surface area contributed by atoms with Gasteiger partial charge in [-0.1, -0.05) is 6.07 Å². The Morgan fingerprint density at radius 3 is 3.00 bits per heavy atom. The molecule has 2 aromatic rings. The third kappa shape index (κ3) is 1.42. The van der Waals surface area contributed by atoms with E-state index in [0.717, 1.165) is 22.2 Å². The predicted octanol–water partition coefficient (Wildman–Crippen LogP) is 1.96. The molecule has 1 heterocycles. The largest absolute Gasteiger partial charge is 0.398 e. The number of methoxy groups -OCH3 is 1. The predicted molar refractivity (Wildman–Crippen MR) is 56.9 cm³/mol. The highest BCUT2D eigenvalue weighted by atomic mass is 16.5. The number of pyridine rings is 1. The zero-order chi connectivity index (χ0) is 9.97. The number of hydrogen-bond donors (Lipinski definition) is 1. The summed E-state index contributed by atoms with van der Waals surface area (Å²) >= 11 is 0. The molecule has 0 aliphatic carbocycles. The van der Waals surface area contributed by atoms with Crippen molar-refractivity contribution in [3.63, 3.8) is 0 Å². The summed E-state index contributed by atoms with van der Waals surface area (Å²) in [7, 11) is 1.67. The molecule has 0 saturated heterocycles. The quantitative estimate of drug-likeness (QED) is 0.733. The number of fused-ring (bicyclic) bond motifs is 1. The SMILES string of the molecule is COCc1ccc(N)c2cccnc12. The summed E-state index contributed by atoms with van der Waals surface area (Å²) in [6, 6.07) is 7.69. The molecule has 0 bridgehead atoms. The lowest BCUT2D eigenvalue weighted by molar-refractivity contribution is 0.186. The van der Waals surface area contributed by atoms with Crippen LogP contribution in [0.4, 0.5) is 5.69 Å². The summed E-state index contributed by atoms with van der Waals surface area (Å²) in [5.41, 5.74) is 8.59. The first kappa shape index (κ1) is 8.97. The molecule has 0 aliphatic heterocycles. The second-order valence-electron chi connectivity index (χ2n) is 3.15. The lowest BCUT2D eigenvalue weighted by Gasteiger charge is -2.06. The average molecular weight is 188 g/mol. The normalized spacial score (nSPS) is 10.6. The maximum Gasteiger partial charge on any atom is 0.0777 e. The molecule has 0 saturated carbocycles. The molecule has 2 rings (SSSR count). The van der Waals surface area contributed by atoms with Gasteiger partial charge in [-0.2, -0.15) is 0 Å². The second-order valence-corrected chi connectivity index (χ2v) is 3.15. The second kappa shape index (κ2) is 3.64. The number of ether oxygens (including phenoxy) is 1. The van der Waals surface area contributed by atoms with Crippen LogP contribution in [0.2, 0.25) is 0 Å². The highest BCUT2D eigenvalue weighted by Gasteiger charge is 2.03. The number of anilines is 1. The Hall–Kier alpha value is -1.61. The van der Waals surface area contributed by atoms with E-state index in [1.165, 1.54) is 0 Å². The van der Waals surface area contributed by atoms with E-state index in [1.54, 1.807) is 13.3 Å². The molecular weight excluding hydrogens is 176 g/mol. The summed E-state index contributed by atoms with van der Waals surface area (Å²) in [5.74, 6) is 0. The number of hydrogen-bond acceptors (Lipinski definition) is 3. The summed E-state index contributed by atoms with van der Waals surface area (Å²) in [6.45, 7) is 0.563. The number of aromatic nitrogens is 1. The van der Waals surface area contributed by atoms with Crippen molar-refractivity contribution in [2.24, 2.45) is 0 Å². The van der Waals surface area contributed by atoms with Gasteiger partial charge in [0.2, 0.25) is 0 Å². The molecule has 3 nitrogen and oxygen atoms in total. The van der Waals surface area contributed by atoms with Crippen LogP contribution < -0.4 is 5.73 Å². The van der Waals surface area contributed by atoms with Crippen molar-refractivity contribution in [2.45, 2.75) is 6.61 Å². The zero-order valence-electron chi connectivity index (χ0n) is 8.03. The molecule has 14 heavy (non-hydrogen) atoms. The monoisotopic (exact) mass is 188 g/mol. The van der Waals surface area contributed by atoms with Crippen LogP contribution in [-0.4, -0.2) is 12.1 Å². The Balaban J connectivity index is 2.68. The molecule has 1 aromatic heterocycles. The molecule has 3 heteroatoms. The lowest BCUT2D eigenvalue weighted by Crippen LogP contribution is -1.94. The van der Waals surface area contributed by atoms with E-state index in [2.05, 4.69) is 4.98 Å².